The molecule has 1 N–H and O–H groups in total. The Balaban J connectivity index is 2.59. The van der Waals surface area contributed by atoms with Crippen molar-refractivity contribution in [1.82, 2.24) is 0 Å². The van der Waals surface area contributed by atoms with E-state index in [1.54, 1.807) is 12.1 Å². The van der Waals surface area contributed by atoms with E-state index in [0.29, 0.717) is 35.5 Å². The van der Waals surface area contributed by atoms with E-state index in [1.807, 2.05) is 6.07 Å². The van der Waals surface area contributed by atoms with Crippen LogP contribution in [0, 0.1) is 11.3 Å². The second-order valence-electron chi connectivity index (χ2n) is 4.26. The third kappa shape index (κ3) is 1.66. The number of carboxylic acid groups (broad SMARTS) is 1. The molecule has 1 fully saturated rings. The van der Waals surface area contributed by atoms with Crippen LogP contribution in [0.5, 0.6) is 11.5 Å². The van der Waals surface area contributed by atoms with Crippen molar-refractivity contribution in [3.63, 3.8) is 0 Å². The number of rotatable bonds is 4. The maximum Gasteiger partial charge on any atom is 0.314 e. The molecule has 5 nitrogen and oxygen atoms in total. The van der Waals surface area contributed by atoms with Gasteiger partial charge in [-0.2, -0.15) is 5.26 Å². The lowest BCUT2D eigenvalue weighted by Gasteiger charge is -2.15. The molecule has 1 aliphatic rings. The van der Waals surface area contributed by atoms with E-state index in [1.165, 1.54) is 14.2 Å². The minimum atomic E-state index is -0.862. The summed E-state index contributed by atoms with van der Waals surface area (Å²) in [4.78, 5) is 11.3. The van der Waals surface area contributed by atoms with Crippen LogP contribution >= 0.6 is 0 Å². The van der Waals surface area contributed by atoms with Crippen molar-refractivity contribution in [3.8, 4) is 17.6 Å². The molecule has 0 amide bonds. The predicted molar refractivity (Wildman–Crippen MR) is 62.8 cm³/mol. The van der Waals surface area contributed by atoms with Gasteiger partial charge in [0.25, 0.3) is 0 Å². The molecule has 0 bridgehead atoms. The smallest absolute Gasteiger partial charge is 0.314 e. The summed E-state index contributed by atoms with van der Waals surface area (Å²) < 4.78 is 10.3. The molecule has 2 rings (SSSR count). The van der Waals surface area contributed by atoms with Gasteiger partial charge in [-0.15, -0.1) is 0 Å². The minimum absolute atomic E-state index is 0.291. The zero-order valence-electron chi connectivity index (χ0n) is 10.2. The Morgan fingerprint density at radius 2 is 2.06 bits per heavy atom. The molecule has 0 unspecified atom stereocenters. The number of hydrogen-bond donors (Lipinski definition) is 1. The maximum atomic E-state index is 11.3. The molecule has 0 saturated heterocycles. The Bertz CT molecular complexity index is 541. The third-order valence-electron chi connectivity index (χ3n) is 3.31. The molecule has 0 radical (unpaired) electrons. The first-order valence-corrected chi connectivity index (χ1v) is 5.49. The number of carbonyl (C=O) groups is 1. The van der Waals surface area contributed by atoms with Gasteiger partial charge in [0, 0.05) is 0 Å². The highest BCUT2D eigenvalue weighted by atomic mass is 16.5. The molecule has 1 aromatic carbocycles. The summed E-state index contributed by atoms with van der Waals surface area (Å²) in [5.74, 6) is -0.136. The highest BCUT2D eigenvalue weighted by Gasteiger charge is 2.52. The standard InChI is InChI=1S/C13H13NO4/c1-17-10-6-9(13(3-4-13)12(15)16)5-8(7-14)11(10)18-2/h5-6H,3-4H2,1-2H3,(H,15,16). The van der Waals surface area contributed by atoms with Gasteiger partial charge in [0.05, 0.1) is 25.2 Å². The van der Waals surface area contributed by atoms with Crippen LogP contribution in [0.3, 0.4) is 0 Å². The SMILES string of the molecule is COc1cc(C2(C(=O)O)CC2)cc(C#N)c1OC. The van der Waals surface area contributed by atoms with Crippen molar-refractivity contribution in [2.75, 3.05) is 14.2 Å². The van der Waals surface area contributed by atoms with Gasteiger partial charge in [-0.1, -0.05) is 0 Å². The molecular formula is C13H13NO4. The lowest BCUT2D eigenvalue weighted by molar-refractivity contribution is -0.140. The van der Waals surface area contributed by atoms with Crippen molar-refractivity contribution in [3.05, 3.63) is 23.3 Å². The number of aliphatic carboxylic acids is 1. The van der Waals surface area contributed by atoms with Gasteiger partial charge in [-0.25, -0.2) is 0 Å². The van der Waals surface area contributed by atoms with Crippen molar-refractivity contribution >= 4 is 5.97 Å². The lowest BCUT2D eigenvalue weighted by atomic mass is 9.94. The normalized spacial score (nSPS) is 15.6. The van der Waals surface area contributed by atoms with E-state index in [4.69, 9.17) is 14.7 Å². The Morgan fingerprint density at radius 3 is 2.44 bits per heavy atom. The second kappa shape index (κ2) is 4.22. The van der Waals surface area contributed by atoms with Crippen LogP contribution in [-0.2, 0) is 10.2 Å². The van der Waals surface area contributed by atoms with Crippen LogP contribution < -0.4 is 9.47 Å². The van der Waals surface area contributed by atoms with E-state index in [0.717, 1.165) is 0 Å². The predicted octanol–water partition coefficient (Wildman–Crippen LogP) is 1.69. The number of ether oxygens (including phenoxy) is 2. The van der Waals surface area contributed by atoms with Crippen LogP contribution in [-0.4, -0.2) is 25.3 Å². The molecule has 18 heavy (non-hydrogen) atoms. The van der Waals surface area contributed by atoms with Gasteiger partial charge >= 0.3 is 5.97 Å². The van der Waals surface area contributed by atoms with Crippen LogP contribution in [0.25, 0.3) is 0 Å². The van der Waals surface area contributed by atoms with Crippen LogP contribution in [0.1, 0.15) is 24.0 Å². The number of hydrogen-bond acceptors (Lipinski definition) is 4. The molecule has 0 atom stereocenters. The van der Waals surface area contributed by atoms with Crippen LogP contribution in [0.15, 0.2) is 12.1 Å². The minimum Gasteiger partial charge on any atom is -0.493 e. The molecule has 5 heteroatoms. The Kier molecular flexibility index (Phi) is 2.87. The summed E-state index contributed by atoms with van der Waals surface area (Å²) in [5, 5.41) is 18.3. The lowest BCUT2D eigenvalue weighted by Crippen LogP contribution is -2.19. The Hall–Kier alpha value is -2.22. The molecule has 94 valence electrons. The number of benzene rings is 1. The summed E-state index contributed by atoms with van der Waals surface area (Å²) in [6.45, 7) is 0. The largest absolute Gasteiger partial charge is 0.493 e. The topological polar surface area (TPSA) is 79.5 Å². The number of nitriles is 1. The van der Waals surface area contributed by atoms with E-state index >= 15 is 0 Å². The summed E-state index contributed by atoms with van der Waals surface area (Å²) in [6.07, 6.45) is 1.17. The molecule has 1 aliphatic carbocycles. The summed E-state index contributed by atoms with van der Waals surface area (Å²) in [5.41, 5.74) is 0.0362. The summed E-state index contributed by atoms with van der Waals surface area (Å²) in [7, 11) is 2.91. The van der Waals surface area contributed by atoms with Gasteiger partial charge in [0.2, 0.25) is 0 Å². The molecule has 1 aromatic rings. The zero-order valence-corrected chi connectivity index (χ0v) is 10.2. The van der Waals surface area contributed by atoms with Gasteiger partial charge in [0.15, 0.2) is 11.5 Å². The second-order valence-corrected chi connectivity index (χ2v) is 4.26. The average molecular weight is 247 g/mol. The molecule has 0 spiro atoms. The van der Waals surface area contributed by atoms with Crippen molar-refractivity contribution in [2.24, 2.45) is 0 Å². The highest BCUT2D eigenvalue weighted by Crippen LogP contribution is 2.50. The van der Waals surface area contributed by atoms with E-state index in [-0.39, 0.29) is 0 Å². The highest BCUT2D eigenvalue weighted by molar-refractivity contribution is 5.85. The van der Waals surface area contributed by atoms with E-state index in [9.17, 15) is 9.90 Å². The zero-order chi connectivity index (χ0) is 13.3. The first-order chi connectivity index (χ1) is 8.58. The van der Waals surface area contributed by atoms with Gasteiger partial charge < -0.3 is 14.6 Å². The fraction of sp³-hybridized carbons (Fsp3) is 0.385. The number of carboxylic acids is 1. The fourth-order valence-corrected chi connectivity index (χ4v) is 2.07. The average Bonchev–Trinajstić information content (AvgIpc) is 3.18. The number of nitrogens with zero attached hydrogens (tertiary/aromatic N) is 1. The van der Waals surface area contributed by atoms with Gasteiger partial charge in [-0.3, -0.25) is 4.79 Å². The van der Waals surface area contributed by atoms with Gasteiger partial charge in [-0.05, 0) is 30.5 Å². The quantitative estimate of drug-likeness (QED) is 0.875. The van der Waals surface area contributed by atoms with E-state index in [2.05, 4.69) is 0 Å². The van der Waals surface area contributed by atoms with Crippen LogP contribution in [0.4, 0.5) is 0 Å². The van der Waals surface area contributed by atoms with Crippen molar-refractivity contribution in [1.29, 1.82) is 5.26 Å². The monoisotopic (exact) mass is 247 g/mol. The summed E-state index contributed by atoms with van der Waals surface area (Å²) >= 11 is 0. The first-order valence-electron chi connectivity index (χ1n) is 5.49. The van der Waals surface area contributed by atoms with Gasteiger partial charge in [0.1, 0.15) is 6.07 Å². The molecule has 0 heterocycles. The fourth-order valence-electron chi connectivity index (χ4n) is 2.07. The first kappa shape index (κ1) is 12.2. The van der Waals surface area contributed by atoms with E-state index < -0.39 is 11.4 Å². The Morgan fingerprint density at radius 1 is 1.39 bits per heavy atom. The molecule has 0 aliphatic heterocycles. The van der Waals surface area contributed by atoms with Crippen molar-refractivity contribution in [2.45, 2.75) is 18.3 Å². The molecule has 0 aromatic heterocycles. The third-order valence-corrected chi connectivity index (χ3v) is 3.31. The Labute approximate surface area is 105 Å². The summed E-state index contributed by atoms with van der Waals surface area (Å²) in [6, 6.07) is 5.21. The number of methoxy groups -OCH3 is 2. The maximum absolute atomic E-state index is 11.3. The van der Waals surface area contributed by atoms with Crippen molar-refractivity contribution < 1.29 is 19.4 Å². The molecule has 1 saturated carbocycles. The van der Waals surface area contributed by atoms with Crippen LogP contribution in [0.2, 0.25) is 0 Å². The molecular weight excluding hydrogens is 234 g/mol.